The van der Waals surface area contributed by atoms with Crippen molar-refractivity contribution in [3.05, 3.63) is 90.0 Å². The quantitative estimate of drug-likeness (QED) is 0.653. The maximum Gasteiger partial charge on any atom is 0.123 e. The number of fused-ring (bicyclic) bond motifs is 1. The SMILES string of the molecule is OC[C@@H]1[C@H](c2ccc(-c3ccc(F)cc3)cc2)[C@H]2CN(Cc3ccncc3)CCCCN12. The van der Waals surface area contributed by atoms with E-state index in [1.165, 1.54) is 29.7 Å². The van der Waals surface area contributed by atoms with E-state index >= 15 is 0 Å². The smallest absolute Gasteiger partial charge is 0.123 e. The minimum Gasteiger partial charge on any atom is -0.395 e. The number of benzene rings is 2. The molecule has 3 atom stereocenters. The molecule has 0 bridgehead atoms. The number of nitrogens with zero attached hydrogens (tertiary/aromatic N) is 3. The van der Waals surface area contributed by atoms with E-state index in [4.69, 9.17) is 0 Å². The molecule has 0 spiro atoms. The third-order valence-electron chi connectivity index (χ3n) is 7.08. The van der Waals surface area contributed by atoms with E-state index in [0.29, 0.717) is 12.0 Å². The summed E-state index contributed by atoms with van der Waals surface area (Å²) in [5.41, 5.74) is 4.68. The number of halogens is 1. The second kappa shape index (κ2) is 9.49. The van der Waals surface area contributed by atoms with Crippen LogP contribution in [0, 0.1) is 5.82 Å². The van der Waals surface area contributed by atoms with Gasteiger partial charge in [-0.1, -0.05) is 36.4 Å². The van der Waals surface area contributed by atoms with Gasteiger partial charge in [-0.2, -0.15) is 0 Å². The molecule has 2 aromatic carbocycles. The summed E-state index contributed by atoms with van der Waals surface area (Å²) in [4.78, 5) is 9.21. The molecule has 0 amide bonds. The monoisotopic (exact) mass is 431 g/mol. The normalized spacial score (nSPS) is 24.2. The Morgan fingerprint density at radius 3 is 2.22 bits per heavy atom. The van der Waals surface area contributed by atoms with Gasteiger partial charge >= 0.3 is 0 Å². The predicted octanol–water partition coefficient (Wildman–Crippen LogP) is 4.31. The molecule has 0 aliphatic carbocycles. The van der Waals surface area contributed by atoms with Gasteiger partial charge in [0.1, 0.15) is 5.82 Å². The average Bonchev–Trinajstić information content (AvgIpc) is 2.81. The van der Waals surface area contributed by atoms with E-state index < -0.39 is 0 Å². The van der Waals surface area contributed by atoms with Crippen LogP contribution >= 0.6 is 0 Å². The summed E-state index contributed by atoms with van der Waals surface area (Å²) in [6.07, 6.45) is 6.07. The highest BCUT2D eigenvalue weighted by Crippen LogP contribution is 2.42. The van der Waals surface area contributed by atoms with Crippen molar-refractivity contribution in [3.63, 3.8) is 0 Å². The van der Waals surface area contributed by atoms with E-state index in [1.54, 1.807) is 0 Å². The highest BCUT2D eigenvalue weighted by Gasteiger charge is 2.48. The van der Waals surface area contributed by atoms with Crippen LogP contribution in [0.3, 0.4) is 0 Å². The van der Waals surface area contributed by atoms with Gasteiger partial charge in [0.2, 0.25) is 0 Å². The van der Waals surface area contributed by atoms with Crippen LogP contribution in [0.4, 0.5) is 4.39 Å². The first-order valence-electron chi connectivity index (χ1n) is 11.6. The molecule has 0 radical (unpaired) electrons. The third kappa shape index (κ3) is 4.33. The highest BCUT2D eigenvalue weighted by atomic mass is 19.1. The molecule has 5 heteroatoms. The summed E-state index contributed by atoms with van der Waals surface area (Å²) in [5.74, 6) is 0.103. The largest absolute Gasteiger partial charge is 0.395 e. The molecule has 3 aromatic rings. The minimum absolute atomic E-state index is 0.178. The molecular weight excluding hydrogens is 401 g/mol. The number of hydrogen-bond acceptors (Lipinski definition) is 4. The molecule has 0 saturated carbocycles. The Bertz CT molecular complexity index is 1010. The third-order valence-corrected chi connectivity index (χ3v) is 7.08. The van der Waals surface area contributed by atoms with Crippen LogP contribution in [0.2, 0.25) is 0 Å². The Hall–Kier alpha value is -2.60. The highest BCUT2D eigenvalue weighted by molar-refractivity contribution is 5.63. The number of aliphatic hydroxyl groups excluding tert-OH is 1. The van der Waals surface area contributed by atoms with Crippen molar-refractivity contribution >= 4 is 0 Å². The first-order valence-corrected chi connectivity index (χ1v) is 11.6. The Balaban J connectivity index is 1.35. The van der Waals surface area contributed by atoms with Crippen LogP contribution in [-0.4, -0.2) is 58.2 Å². The maximum absolute atomic E-state index is 13.3. The van der Waals surface area contributed by atoms with Crippen molar-refractivity contribution in [1.82, 2.24) is 14.8 Å². The van der Waals surface area contributed by atoms with E-state index in [9.17, 15) is 9.50 Å². The summed E-state index contributed by atoms with van der Waals surface area (Å²) in [5, 5.41) is 10.2. The second-order valence-corrected chi connectivity index (χ2v) is 9.01. The zero-order valence-electron chi connectivity index (χ0n) is 18.3. The second-order valence-electron chi connectivity index (χ2n) is 9.01. The lowest BCUT2D eigenvalue weighted by molar-refractivity contribution is -0.0655. The molecule has 4 nitrogen and oxygen atoms in total. The van der Waals surface area contributed by atoms with E-state index in [2.05, 4.69) is 51.2 Å². The lowest BCUT2D eigenvalue weighted by atomic mass is 9.74. The van der Waals surface area contributed by atoms with Crippen molar-refractivity contribution in [3.8, 4) is 11.1 Å². The van der Waals surface area contributed by atoms with Gasteiger partial charge in [-0.05, 0) is 72.5 Å². The molecule has 1 N–H and O–H groups in total. The molecular formula is C27H30FN3O. The van der Waals surface area contributed by atoms with Gasteiger partial charge in [0.25, 0.3) is 0 Å². The lowest BCUT2D eigenvalue weighted by Gasteiger charge is -2.57. The molecule has 2 fully saturated rings. The van der Waals surface area contributed by atoms with Crippen molar-refractivity contribution in [2.75, 3.05) is 26.2 Å². The van der Waals surface area contributed by atoms with Gasteiger partial charge in [-0.25, -0.2) is 4.39 Å². The number of aliphatic hydroxyl groups is 1. The van der Waals surface area contributed by atoms with Crippen molar-refractivity contribution in [2.45, 2.75) is 37.4 Å². The number of aromatic nitrogens is 1. The molecule has 32 heavy (non-hydrogen) atoms. The summed E-state index contributed by atoms with van der Waals surface area (Å²) in [6, 6.07) is 20.0. The van der Waals surface area contributed by atoms with E-state index in [1.807, 2.05) is 24.5 Å². The fourth-order valence-corrected chi connectivity index (χ4v) is 5.44. The van der Waals surface area contributed by atoms with Gasteiger partial charge in [-0.3, -0.25) is 14.8 Å². The average molecular weight is 432 g/mol. The first-order chi connectivity index (χ1) is 15.7. The van der Waals surface area contributed by atoms with Crippen LogP contribution in [-0.2, 0) is 6.54 Å². The molecule has 2 aliphatic heterocycles. The number of rotatable bonds is 5. The summed E-state index contributed by atoms with van der Waals surface area (Å²) >= 11 is 0. The Morgan fingerprint density at radius 1 is 0.875 bits per heavy atom. The molecule has 0 unspecified atom stereocenters. The molecule has 2 aliphatic rings. The molecule has 2 saturated heterocycles. The van der Waals surface area contributed by atoms with Crippen molar-refractivity contribution in [2.24, 2.45) is 0 Å². The van der Waals surface area contributed by atoms with Gasteiger partial charge in [0.15, 0.2) is 0 Å². The van der Waals surface area contributed by atoms with Gasteiger partial charge in [0.05, 0.1) is 6.61 Å². The van der Waals surface area contributed by atoms with Crippen LogP contribution in [0.15, 0.2) is 73.1 Å². The Labute approximate surface area is 189 Å². The van der Waals surface area contributed by atoms with E-state index in [-0.39, 0.29) is 18.5 Å². The Kier molecular flexibility index (Phi) is 6.30. The lowest BCUT2D eigenvalue weighted by Crippen LogP contribution is -2.67. The van der Waals surface area contributed by atoms with Crippen LogP contribution in [0.1, 0.15) is 29.9 Å². The Morgan fingerprint density at radius 2 is 1.53 bits per heavy atom. The van der Waals surface area contributed by atoms with Crippen molar-refractivity contribution in [1.29, 1.82) is 0 Å². The number of pyridine rings is 1. The summed E-state index contributed by atoms with van der Waals surface area (Å²) in [7, 11) is 0. The molecule has 1 aromatic heterocycles. The topological polar surface area (TPSA) is 39.6 Å². The minimum atomic E-state index is -0.216. The van der Waals surface area contributed by atoms with Crippen LogP contribution in [0.5, 0.6) is 0 Å². The fourth-order valence-electron chi connectivity index (χ4n) is 5.44. The standard InChI is InChI=1S/C27H30FN3O/c28-24-9-7-22(8-10-24)21-3-5-23(6-4-21)27-25-18-30(17-20-11-13-29-14-12-20)15-1-2-16-31(25)26(27)19-32/h3-14,25-27,32H,1-2,15-19H2/t25-,26-,27-/m1/s1. The van der Waals surface area contributed by atoms with Crippen LogP contribution in [0.25, 0.3) is 11.1 Å². The van der Waals surface area contributed by atoms with E-state index in [0.717, 1.165) is 43.7 Å². The molecule has 166 valence electrons. The van der Waals surface area contributed by atoms with Gasteiger partial charge in [0, 0.05) is 43.5 Å². The first kappa shape index (κ1) is 21.3. The van der Waals surface area contributed by atoms with Gasteiger partial charge in [-0.15, -0.1) is 0 Å². The summed E-state index contributed by atoms with van der Waals surface area (Å²) in [6.45, 7) is 4.29. The predicted molar refractivity (Wildman–Crippen MR) is 125 cm³/mol. The fraction of sp³-hybridized carbons (Fsp3) is 0.370. The van der Waals surface area contributed by atoms with Crippen LogP contribution < -0.4 is 0 Å². The maximum atomic E-state index is 13.3. The van der Waals surface area contributed by atoms with Gasteiger partial charge < -0.3 is 5.11 Å². The zero-order chi connectivity index (χ0) is 21.9. The number of hydrogen-bond donors (Lipinski definition) is 1. The molecule has 3 heterocycles. The molecule has 5 rings (SSSR count). The van der Waals surface area contributed by atoms with Crippen molar-refractivity contribution < 1.29 is 9.50 Å². The zero-order valence-corrected chi connectivity index (χ0v) is 18.3. The summed E-state index contributed by atoms with van der Waals surface area (Å²) < 4.78 is 13.3.